The van der Waals surface area contributed by atoms with Gasteiger partial charge < -0.3 is 21.1 Å². The van der Waals surface area contributed by atoms with Crippen molar-refractivity contribution in [3.05, 3.63) is 64.1 Å². The van der Waals surface area contributed by atoms with E-state index in [9.17, 15) is 24.9 Å². The van der Waals surface area contributed by atoms with Gasteiger partial charge in [0.05, 0.1) is 11.1 Å². The van der Waals surface area contributed by atoms with E-state index in [1.807, 2.05) is 0 Å². The Hall–Kier alpha value is -2.65. The fourth-order valence-corrected chi connectivity index (χ4v) is 3.61. The second-order valence-electron chi connectivity index (χ2n) is 5.61. The molecular formula is C18H16N2O5S. The molecule has 8 heteroatoms. The van der Waals surface area contributed by atoms with Crippen LogP contribution in [-0.2, 0) is 0 Å². The lowest BCUT2D eigenvalue weighted by Gasteiger charge is -2.11. The highest BCUT2D eigenvalue weighted by molar-refractivity contribution is 8.03. The van der Waals surface area contributed by atoms with Crippen molar-refractivity contribution in [3.63, 3.8) is 0 Å². The van der Waals surface area contributed by atoms with Crippen LogP contribution in [0.2, 0.25) is 0 Å². The average molecular weight is 372 g/mol. The highest BCUT2D eigenvalue weighted by atomic mass is 32.2. The minimum absolute atomic E-state index is 0.0582. The van der Waals surface area contributed by atoms with Crippen molar-refractivity contribution < 1.29 is 24.9 Å². The Bertz CT molecular complexity index is 912. The molecule has 1 amide bonds. The number of amides is 1. The van der Waals surface area contributed by atoms with Crippen molar-refractivity contribution in [3.8, 4) is 11.1 Å². The van der Waals surface area contributed by atoms with E-state index in [2.05, 4.69) is 5.32 Å². The summed E-state index contributed by atoms with van der Waals surface area (Å²) in [5.41, 5.74) is 6.05. The lowest BCUT2D eigenvalue weighted by Crippen LogP contribution is -2.28. The molecule has 6 N–H and O–H groups in total. The lowest BCUT2D eigenvalue weighted by atomic mass is 9.94. The molecule has 1 aliphatic heterocycles. The number of benzene rings is 2. The number of rotatable bonds is 4. The molecular weight excluding hydrogens is 356 g/mol. The van der Waals surface area contributed by atoms with Crippen LogP contribution >= 0.6 is 11.8 Å². The first kappa shape index (κ1) is 18.2. The minimum atomic E-state index is -1.23. The van der Waals surface area contributed by atoms with Crippen LogP contribution in [0.4, 0.5) is 0 Å². The summed E-state index contributed by atoms with van der Waals surface area (Å²) in [5, 5.41) is 31.2. The molecule has 2 aromatic carbocycles. The SMILES string of the molecule is NC(=O)c1c(C(=O)O)cccc1-c1cccc(/C=C2\SC(O)NC2O)c1. The van der Waals surface area contributed by atoms with Crippen molar-refractivity contribution >= 4 is 29.7 Å². The predicted molar refractivity (Wildman–Crippen MR) is 98.1 cm³/mol. The number of hydrogen-bond donors (Lipinski definition) is 5. The van der Waals surface area contributed by atoms with Gasteiger partial charge in [0.1, 0.15) is 6.23 Å². The first-order valence-electron chi connectivity index (χ1n) is 7.64. The van der Waals surface area contributed by atoms with Crippen LogP contribution in [0, 0.1) is 0 Å². The summed E-state index contributed by atoms with van der Waals surface area (Å²) >= 11 is 1.09. The number of hydrogen-bond acceptors (Lipinski definition) is 6. The van der Waals surface area contributed by atoms with Crippen LogP contribution in [0.25, 0.3) is 17.2 Å². The van der Waals surface area contributed by atoms with Gasteiger partial charge in [-0.25, -0.2) is 4.79 Å². The molecule has 1 aliphatic rings. The molecule has 0 saturated carbocycles. The smallest absolute Gasteiger partial charge is 0.336 e. The third-order valence-corrected chi connectivity index (χ3v) is 4.84. The molecule has 2 aromatic rings. The van der Waals surface area contributed by atoms with Gasteiger partial charge in [0.2, 0.25) is 5.91 Å². The van der Waals surface area contributed by atoms with Crippen LogP contribution in [0.5, 0.6) is 0 Å². The molecule has 0 bridgehead atoms. The first-order valence-corrected chi connectivity index (χ1v) is 8.52. The maximum Gasteiger partial charge on any atom is 0.336 e. The quantitative estimate of drug-likeness (QED) is 0.548. The number of aliphatic hydroxyl groups excluding tert-OH is 2. The van der Waals surface area contributed by atoms with Gasteiger partial charge in [-0.15, -0.1) is 0 Å². The standard InChI is InChI=1S/C18H16N2O5S/c19-15(21)14-11(5-2-6-12(14)17(23)24)10-4-1-3-9(7-10)8-13-16(22)20-18(25)26-13/h1-8,16,18,20,22,25H,(H2,19,21)(H,23,24)/b13-8-. The molecule has 1 heterocycles. The van der Waals surface area contributed by atoms with Gasteiger partial charge in [0.15, 0.2) is 5.56 Å². The van der Waals surface area contributed by atoms with Crippen molar-refractivity contribution in [2.75, 3.05) is 0 Å². The fourth-order valence-electron chi connectivity index (χ4n) is 2.75. The number of nitrogens with one attached hydrogen (secondary N) is 1. The Labute approximate surface area is 153 Å². The minimum Gasteiger partial charge on any atom is -0.478 e. The zero-order chi connectivity index (χ0) is 18.8. The van der Waals surface area contributed by atoms with Gasteiger partial charge in [0, 0.05) is 4.91 Å². The van der Waals surface area contributed by atoms with E-state index in [1.165, 1.54) is 6.07 Å². The molecule has 0 spiro atoms. The van der Waals surface area contributed by atoms with E-state index in [1.54, 1.807) is 42.5 Å². The van der Waals surface area contributed by atoms with Gasteiger partial charge in [-0.1, -0.05) is 42.1 Å². The number of thioether (sulfide) groups is 1. The lowest BCUT2D eigenvalue weighted by molar-refractivity contribution is 0.0692. The van der Waals surface area contributed by atoms with Crippen molar-refractivity contribution in [2.45, 2.75) is 11.8 Å². The Morgan fingerprint density at radius 3 is 2.50 bits per heavy atom. The molecule has 7 nitrogen and oxygen atoms in total. The maximum atomic E-state index is 11.8. The van der Waals surface area contributed by atoms with E-state index in [-0.39, 0.29) is 11.1 Å². The van der Waals surface area contributed by atoms with E-state index in [0.29, 0.717) is 16.0 Å². The number of primary amides is 1. The number of carboxylic acids is 1. The molecule has 26 heavy (non-hydrogen) atoms. The Morgan fingerprint density at radius 1 is 1.15 bits per heavy atom. The van der Waals surface area contributed by atoms with Crippen LogP contribution in [-0.4, -0.2) is 39.0 Å². The molecule has 2 unspecified atom stereocenters. The topological polar surface area (TPSA) is 133 Å². The average Bonchev–Trinajstić information content (AvgIpc) is 2.91. The van der Waals surface area contributed by atoms with Crippen molar-refractivity contribution in [1.82, 2.24) is 5.32 Å². The first-order chi connectivity index (χ1) is 12.4. The monoisotopic (exact) mass is 372 g/mol. The van der Waals surface area contributed by atoms with Crippen molar-refractivity contribution in [2.24, 2.45) is 5.73 Å². The summed E-state index contributed by atoms with van der Waals surface area (Å²) in [6.45, 7) is 0. The van der Waals surface area contributed by atoms with Crippen LogP contribution in [0.15, 0.2) is 47.4 Å². The number of nitrogens with two attached hydrogens (primary N) is 1. The molecule has 1 saturated heterocycles. The van der Waals surface area contributed by atoms with Crippen LogP contribution < -0.4 is 11.1 Å². The van der Waals surface area contributed by atoms with Gasteiger partial charge in [-0.3, -0.25) is 10.1 Å². The molecule has 134 valence electrons. The molecule has 1 fully saturated rings. The summed E-state index contributed by atoms with van der Waals surface area (Å²) < 4.78 is 0. The van der Waals surface area contributed by atoms with Crippen molar-refractivity contribution in [1.29, 1.82) is 0 Å². The summed E-state index contributed by atoms with van der Waals surface area (Å²) in [6.07, 6.45) is 0.739. The molecule has 2 atom stereocenters. The summed E-state index contributed by atoms with van der Waals surface area (Å²) in [6, 6.07) is 11.5. The van der Waals surface area contributed by atoms with Gasteiger partial charge in [-0.2, -0.15) is 0 Å². The fraction of sp³-hybridized carbons (Fsp3) is 0.111. The normalized spacial score (nSPS) is 21.1. The Kier molecular flexibility index (Phi) is 5.10. The predicted octanol–water partition coefficient (Wildman–Crippen LogP) is 1.42. The van der Waals surface area contributed by atoms with Gasteiger partial charge >= 0.3 is 5.97 Å². The third kappa shape index (κ3) is 3.63. The second-order valence-corrected chi connectivity index (χ2v) is 6.76. The molecule has 0 aliphatic carbocycles. The molecule has 0 aromatic heterocycles. The zero-order valence-corrected chi connectivity index (χ0v) is 14.2. The van der Waals surface area contributed by atoms with Crippen LogP contribution in [0.1, 0.15) is 26.3 Å². The largest absolute Gasteiger partial charge is 0.478 e. The van der Waals surface area contributed by atoms with E-state index in [4.69, 9.17) is 5.73 Å². The molecule has 0 radical (unpaired) electrons. The van der Waals surface area contributed by atoms with E-state index < -0.39 is 23.7 Å². The maximum absolute atomic E-state index is 11.8. The second kappa shape index (κ2) is 7.30. The van der Waals surface area contributed by atoms with E-state index >= 15 is 0 Å². The third-order valence-electron chi connectivity index (χ3n) is 3.87. The number of carbonyl (C=O) groups is 2. The molecule has 3 rings (SSSR count). The number of aliphatic hydroxyl groups is 2. The van der Waals surface area contributed by atoms with E-state index in [0.717, 1.165) is 17.3 Å². The highest BCUT2D eigenvalue weighted by Crippen LogP contribution is 2.32. The highest BCUT2D eigenvalue weighted by Gasteiger charge is 2.25. The number of aromatic carboxylic acids is 1. The summed E-state index contributed by atoms with van der Waals surface area (Å²) in [7, 11) is 0. The zero-order valence-electron chi connectivity index (χ0n) is 13.4. The number of carboxylic acid groups (broad SMARTS) is 1. The van der Waals surface area contributed by atoms with Gasteiger partial charge in [-0.05, 0) is 34.9 Å². The summed E-state index contributed by atoms with van der Waals surface area (Å²) in [4.78, 5) is 23.8. The van der Waals surface area contributed by atoms with Gasteiger partial charge in [0.25, 0.3) is 0 Å². The number of carbonyl (C=O) groups excluding carboxylic acids is 1. The summed E-state index contributed by atoms with van der Waals surface area (Å²) in [5.74, 6) is -2.06. The van der Waals surface area contributed by atoms with Crippen LogP contribution in [0.3, 0.4) is 0 Å². The Morgan fingerprint density at radius 2 is 1.88 bits per heavy atom. The Balaban J connectivity index is 2.07.